The van der Waals surface area contributed by atoms with Crippen molar-refractivity contribution in [1.82, 2.24) is 0 Å². The van der Waals surface area contributed by atoms with Crippen LogP contribution in [0.4, 0.5) is 0 Å². The van der Waals surface area contributed by atoms with Gasteiger partial charge in [0.1, 0.15) is 6.20 Å². The van der Waals surface area contributed by atoms with Crippen molar-refractivity contribution in [2.24, 2.45) is 0 Å². The zero-order valence-corrected chi connectivity index (χ0v) is 10.3. The largest absolute Gasteiger partial charge is 0.748 e. The summed E-state index contributed by atoms with van der Waals surface area (Å²) in [6.45, 7) is 5.63. The Morgan fingerprint density at radius 1 is 1.47 bits per heavy atom. The molecule has 0 saturated carbocycles. The summed E-state index contributed by atoms with van der Waals surface area (Å²) in [7, 11) is -3.92. The van der Waals surface area contributed by atoms with E-state index in [1.807, 2.05) is 0 Å². The highest BCUT2D eigenvalue weighted by atomic mass is 32.2. The van der Waals surface area contributed by atoms with Gasteiger partial charge < -0.3 is 4.55 Å². The van der Waals surface area contributed by atoms with E-state index in [4.69, 9.17) is 13.0 Å². The van der Waals surface area contributed by atoms with Gasteiger partial charge in [-0.1, -0.05) is 13.3 Å². The Bertz CT molecular complexity index is 323. The van der Waals surface area contributed by atoms with Gasteiger partial charge in [0.2, 0.25) is 0 Å². The molecule has 0 aromatic rings. The van der Waals surface area contributed by atoms with E-state index < -0.39 is 10.1 Å². The van der Waals surface area contributed by atoms with Gasteiger partial charge in [-0.05, 0) is 19.4 Å². The minimum absolute atomic E-state index is 0.604. The Morgan fingerprint density at radius 2 is 2.00 bits per heavy atom. The van der Waals surface area contributed by atoms with Gasteiger partial charge in [0.25, 0.3) is 0 Å². The SMILES string of the molecule is CCCC[NH+]1C=CC(C)=C1.CS(=O)(=O)[O-]. The molecule has 1 aliphatic rings. The standard InChI is InChI=1S/C9H15N.CH4O3S/c1-3-4-6-10-7-5-9(2)8-10;1-5(2,3)4/h5,7-8H,3-4,6H2,1-2H3;1H3,(H,2,3,4). The second-order valence-electron chi connectivity index (χ2n) is 3.60. The molecule has 0 saturated heterocycles. The molecule has 4 nitrogen and oxygen atoms in total. The summed E-state index contributed by atoms with van der Waals surface area (Å²) in [6.07, 6.45) is 9.91. The minimum Gasteiger partial charge on any atom is -0.748 e. The lowest BCUT2D eigenvalue weighted by molar-refractivity contribution is -0.788. The number of unbranched alkanes of at least 4 members (excludes halogenated alkanes) is 1. The Labute approximate surface area is 92.0 Å². The molecule has 1 unspecified atom stereocenters. The highest BCUT2D eigenvalue weighted by Crippen LogP contribution is 1.93. The second-order valence-corrected chi connectivity index (χ2v) is 5.01. The molecule has 1 rings (SSSR count). The molecule has 88 valence electrons. The van der Waals surface area contributed by atoms with E-state index in [2.05, 4.69) is 32.3 Å². The van der Waals surface area contributed by atoms with Crippen LogP contribution in [-0.4, -0.2) is 25.8 Å². The van der Waals surface area contributed by atoms with Gasteiger partial charge in [-0.25, -0.2) is 8.42 Å². The predicted molar refractivity (Wildman–Crippen MR) is 59.3 cm³/mol. The maximum absolute atomic E-state index is 9.08. The van der Waals surface area contributed by atoms with Crippen LogP contribution in [0, 0.1) is 0 Å². The normalized spacial score (nSPS) is 19.5. The molecule has 0 aliphatic carbocycles. The van der Waals surface area contributed by atoms with Crippen molar-refractivity contribution < 1.29 is 17.9 Å². The Morgan fingerprint density at radius 3 is 2.33 bits per heavy atom. The van der Waals surface area contributed by atoms with Crippen molar-refractivity contribution >= 4 is 10.1 Å². The maximum Gasteiger partial charge on any atom is 0.102 e. The highest BCUT2D eigenvalue weighted by molar-refractivity contribution is 7.84. The summed E-state index contributed by atoms with van der Waals surface area (Å²) in [5.41, 5.74) is 1.39. The Balaban J connectivity index is 0.000000336. The van der Waals surface area contributed by atoms with Crippen molar-refractivity contribution in [3.05, 3.63) is 24.0 Å². The van der Waals surface area contributed by atoms with Crippen LogP contribution in [0.25, 0.3) is 0 Å². The lowest BCUT2D eigenvalue weighted by Crippen LogP contribution is -3.01. The van der Waals surface area contributed by atoms with Crippen molar-refractivity contribution in [1.29, 1.82) is 0 Å². The van der Waals surface area contributed by atoms with Gasteiger partial charge in [0, 0.05) is 11.8 Å². The summed E-state index contributed by atoms with van der Waals surface area (Å²) >= 11 is 0. The zero-order valence-electron chi connectivity index (χ0n) is 9.49. The third-order valence-corrected chi connectivity index (χ3v) is 1.79. The summed E-state index contributed by atoms with van der Waals surface area (Å²) in [5.74, 6) is 0. The third-order valence-electron chi connectivity index (χ3n) is 1.79. The molecule has 0 aromatic heterocycles. The van der Waals surface area contributed by atoms with Gasteiger partial charge in [0.15, 0.2) is 0 Å². The summed E-state index contributed by atoms with van der Waals surface area (Å²) in [5, 5.41) is 0. The topological polar surface area (TPSA) is 61.6 Å². The number of hydrogen-bond acceptors (Lipinski definition) is 3. The van der Waals surface area contributed by atoms with Gasteiger partial charge >= 0.3 is 0 Å². The van der Waals surface area contributed by atoms with Crippen LogP contribution < -0.4 is 4.90 Å². The minimum atomic E-state index is -3.92. The molecule has 0 amide bonds. The molecule has 0 fully saturated rings. The third kappa shape index (κ3) is 11.3. The number of hydrogen-bond donors (Lipinski definition) is 1. The Kier molecular flexibility index (Phi) is 6.47. The average molecular weight is 233 g/mol. The summed E-state index contributed by atoms with van der Waals surface area (Å²) in [6, 6.07) is 0. The average Bonchev–Trinajstić information content (AvgIpc) is 2.45. The van der Waals surface area contributed by atoms with Crippen molar-refractivity contribution in [2.75, 3.05) is 12.8 Å². The first-order chi connectivity index (χ1) is 6.83. The first-order valence-electron chi connectivity index (χ1n) is 4.96. The van der Waals surface area contributed by atoms with Crippen LogP contribution in [0.3, 0.4) is 0 Å². The smallest absolute Gasteiger partial charge is 0.102 e. The highest BCUT2D eigenvalue weighted by Gasteiger charge is 2.05. The summed E-state index contributed by atoms with van der Waals surface area (Å²) in [4.78, 5) is 1.50. The molecule has 0 radical (unpaired) electrons. The van der Waals surface area contributed by atoms with E-state index in [1.165, 1.54) is 29.9 Å². The summed E-state index contributed by atoms with van der Waals surface area (Å²) < 4.78 is 27.2. The lowest BCUT2D eigenvalue weighted by Gasteiger charge is -2.03. The zero-order chi connectivity index (χ0) is 11.9. The molecule has 1 N–H and O–H groups in total. The van der Waals surface area contributed by atoms with Crippen molar-refractivity contribution in [2.45, 2.75) is 26.7 Å². The van der Waals surface area contributed by atoms with Crippen molar-refractivity contribution in [3.8, 4) is 0 Å². The van der Waals surface area contributed by atoms with Gasteiger partial charge in [0.05, 0.1) is 22.9 Å². The molecule has 1 atom stereocenters. The molecule has 0 spiro atoms. The quantitative estimate of drug-likeness (QED) is 0.711. The van der Waals surface area contributed by atoms with Crippen LogP contribution >= 0.6 is 0 Å². The molecule has 1 aliphatic heterocycles. The Hall–Kier alpha value is -0.650. The number of allylic oxidation sites excluding steroid dienone is 2. The van der Waals surface area contributed by atoms with Crippen LogP contribution in [0.1, 0.15) is 26.7 Å². The number of rotatable bonds is 3. The van der Waals surface area contributed by atoms with Crippen LogP contribution in [0.15, 0.2) is 24.0 Å². The van der Waals surface area contributed by atoms with Gasteiger partial charge in [-0.15, -0.1) is 0 Å². The lowest BCUT2D eigenvalue weighted by atomic mass is 10.3. The molecular weight excluding hydrogens is 214 g/mol. The van der Waals surface area contributed by atoms with E-state index in [0.717, 1.165) is 0 Å². The molecule has 15 heavy (non-hydrogen) atoms. The van der Waals surface area contributed by atoms with Crippen LogP contribution in [-0.2, 0) is 10.1 Å². The molecular formula is C10H19NO3S. The van der Waals surface area contributed by atoms with E-state index in [-0.39, 0.29) is 0 Å². The van der Waals surface area contributed by atoms with E-state index in [1.54, 1.807) is 0 Å². The predicted octanol–water partition coefficient (Wildman–Crippen LogP) is 0.264. The van der Waals surface area contributed by atoms with Gasteiger partial charge in [-0.3, -0.25) is 4.90 Å². The number of nitrogens with one attached hydrogen (secondary N) is 1. The monoisotopic (exact) mass is 233 g/mol. The molecule has 1 heterocycles. The first-order valence-corrected chi connectivity index (χ1v) is 6.77. The molecule has 0 bridgehead atoms. The maximum atomic E-state index is 9.08. The van der Waals surface area contributed by atoms with Crippen molar-refractivity contribution in [3.63, 3.8) is 0 Å². The number of quaternary nitrogens is 1. The fourth-order valence-electron chi connectivity index (χ4n) is 1.16. The van der Waals surface area contributed by atoms with E-state index in [9.17, 15) is 0 Å². The fraction of sp³-hybridized carbons (Fsp3) is 0.600. The van der Waals surface area contributed by atoms with Crippen LogP contribution in [0.2, 0.25) is 0 Å². The second kappa shape index (κ2) is 6.76. The first kappa shape index (κ1) is 14.3. The molecule has 5 heteroatoms. The van der Waals surface area contributed by atoms with Gasteiger partial charge in [-0.2, -0.15) is 0 Å². The van der Waals surface area contributed by atoms with E-state index >= 15 is 0 Å². The fourth-order valence-corrected chi connectivity index (χ4v) is 1.16. The molecule has 0 aromatic carbocycles. The van der Waals surface area contributed by atoms with E-state index in [0.29, 0.717) is 6.26 Å². The van der Waals surface area contributed by atoms with Crippen LogP contribution in [0.5, 0.6) is 0 Å².